The molecule has 0 saturated carbocycles. The van der Waals surface area contributed by atoms with Crippen LogP contribution in [-0.2, 0) is 21.9 Å². The van der Waals surface area contributed by atoms with Crippen LogP contribution in [-0.4, -0.2) is 41.5 Å². The van der Waals surface area contributed by atoms with E-state index in [0.29, 0.717) is 18.4 Å². The van der Waals surface area contributed by atoms with Gasteiger partial charge in [0.05, 0.1) is 16.3 Å². The van der Waals surface area contributed by atoms with E-state index < -0.39 is 27.7 Å². The number of benzene rings is 1. The molecule has 1 atom stereocenters. The van der Waals surface area contributed by atoms with Gasteiger partial charge in [0.2, 0.25) is 10.0 Å². The lowest BCUT2D eigenvalue weighted by Gasteiger charge is -2.29. The molecule has 2 heterocycles. The summed E-state index contributed by atoms with van der Waals surface area (Å²) >= 11 is 0. The first-order chi connectivity index (χ1) is 10.8. The molecule has 1 N–H and O–H groups in total. The van der Waals surface area contributed by atoms with Crippen molar-refractivity contribution in [3.8, 4) is 0 Å². The Morgan fingerprint density at radius 3 is 2.83 bits per heavy atom. The molecular weight excluding hydrogens is 324 g/mol. The van der Waals surface area contributed by atoms with Crippen LogP contribution in [0, 0.1) is 5.92 Å². The standard InChI is InChI=1S/C14H16N2O6S/c1-15-11-5-4-10(7-12(11)22-14(15)19)23(20,21)16-6-2-3-9(8-16)13(17)18/h4-5,7,9H,2-3,6,8H2,1H3,(H,17,18)/t9-/m1/s1. The molecule has 0 radical (unpaired) electrons. The average Bonchev–Trinajstić information content (AvgIpc) is 2.81. The molecule has 3 rings (SSSR count). The fourth-order valence-corrected chi connectivity index (χ4v) is 4.33. The van der Waals surface area contributed by atoms with Crippen molar-refractivity contribution < 1.29 is 22.7 Å². The number of carboxylic acids is 1. The van der Waals surface area contributed by atoms with Gasteiger partial charge in [0.1, 0.15) is 0 Å². The third-order valence-electron chi connectivity index (χ3n) is 4.13. The number of piperidine rings is 1. The van der Waals surface area contributed by atoms with Crippen LogP contribution in [0.4, 0.5) is 0 Å². The van der Waals surface area contributed by atoms with Gasteiger partial charge in [-0.15, -0.1) is 0 Å². The summed E-state index contributed by atoms with van der Waals surface area (Å²) in [6, 6.07) is 4.21. The highest BCUT2D eigenvalue weighted by molar-refractivity contribution is 7.89. The summed E-state index contributed by atoms with van der Waals surface area (Å²) in [5, 5.41) is 9.09. The van der Waals surface area contributed by atoms with Crippen molar-refractivity contribution in [1.29, 1.82) is 0 Å². The van der Waals surface area contributed by atoms with Crippen molar-refractivity contribution in [3.63, 3.8) is 0 Å². The zero-order valence-corrected chi connectivity index (χ0v) is 13.2. The summed E-state index contributed by atoms with van der Waals surface area (Å²) in [5.41, 5.74) is 0.682. The molecule has 124 valence electrons. The van der Waals surface area contributed by atoms with Gasteiger partial charge in [0.15, 0.2) is 5.58 Å². The largest absolute Gasteiger partial charge is 0.481 e. The van der Waals surface area contributed by atoms with Crippen LogP contribution in [0.15, 0.2) is 32.3 Å². The van der Waals surface area contributed by atoms with E-state index in [1.54, 1.807) is 0 Å². The third kappa shape index (κ3) is 2.66. The van der Waals surface area contributed by atoms with E-state index in [9.17, 15) is 18.0 Å². The van der Waals surface area contributed by atoms with Crippen LogP contribution in [0.25, 0.3) is 11.1 Å². The van der Waals surface area contributed by atoms with Gasteiger partial charge < -0.3 is 9.52 Å². The molecule has 1 aromatic carbocycles. The number of carboxylic acid groups (broad SMARTS) is 1. The average molecular weight is 340 g/mol. The number of aryl methyl sites for hydroxylation is 1. The second kappa shape index (κ2) is 5.50. The fourth-order valence-electron chi connectivity index (χ4n) is 2.79. The smallest absolute Gasteiger partial charge is 0.419 e. The summed E-state index contributed by atoms with van der Waals surface area (Å²) in [6.07, 6.45) is 0.965. The van der Waals surface area contributed by atoms with Crippen molar-refractivity contribution in [2.75, 3.05) is 13.1 Å². The molecule has 1 saturated heterocycles. The van der Waals surface area contributed by atoms with Gasteiger partial charge in [-0.3, -0.25) is 9.36 Å². The van der Waals surface area contributed by atoms with Gasteiger partial charge in [-0.1, -0.05) is 0 Å². The van der Waals surface area contributed by atoms with E-state index in [1.165, 1.54) is 34.1 Å². The molecule has 0 bridgehead atoms. The maximum atomic E-state index is 12.7. The van der Waals surface area contributed by atoms with Gasteiger partial charge in [-0.25, -0.2) is 13.2 Å². The SMILES string of the molecule is Cn1c(=O)oc2cc(S(=O)(=O)N3CCC[C@@H](C(=O)O)C3)ccc21. The number of aromatic nitrogens is 1. The number of aliphatic carboxylic acids is 1. The number of nitrogens with zero attached hydrogens (tertiary/aromatic N) is 2. The van der Waals surface area contributed by atoms with Gasteiger partial charge in [0, 0.05) is 26.2 Å². The van der Waals surface area contributed by atoms with Crippen LogP contribution in [0.5, 0.6) is 0 Å². The molecule has 1 aliphatic rings. The van der Waals surface area contributed by atoms with Crippen LogP contribution in [0.3, 0.4) is 0 Å². The molecule has 0 aliphatic carbocycles. The topological polar surface area (TPSA) is 110 Å². The van der Waals surface area contributed by atoms with Crippen LogP contribution < -0.4 is 5.76 Å². The molecule has 0 spiro atoms. The first kappa shape index (κ1) is 15.8. The predicted molar refractivity (Wildman–Crippen MR) is 80.6 cm³/mol. The quantitative estimate of drug-likeness (QED) is 0.877. The Morgan fingerprint density at radius 1 is 1.39 bits per heavy atom. The Kier molecular flexibility index (Phi) is 3.77. The third-order valence-corrected chi connectivity index (χ3v) is 6.00. The lowest BCUT2D eigenvalue weighted by Crippen LogP contribution is -2.42. The normalized spacial score (nSPS) is 20.0. The number of hydrogen-bond donors (Lipinski definition) is 1. The van der Waals surface area contributed by atoms with Crippen molar-refractivity contribution in [2.45, 2.75) is 17.7 Å². The first-order valence-electron chi connectivity index (χ1n) is 7.13. The van der Waals surface area contributed by atoms with Crippen LogP contribution in [0.1, 0.15) is 12.8 Å². The van der Waals surface area contributed by atoms with E-state index in [-0.39, 0.29) is 23.6 Å². The second-order valence-corrected chi connectivity index (χ2v) is 7.53. The zero-order valence-electron chi connectivity index (χ0n) is 12.4. The Hall–Kier alpha value is -2.13. The van der Waals surface area contributed by atoms with E-state index >= 15 is 0 Å². The number of oxazole rings is 1. The van der Waals surface area contributed by atoms with Gasteiger partial charge >= 0.3 is 11.7 Å². The van der Waals surface area contributed by atoms with Crippen LogP contribution in [0.2, 0.25) is 0 Å². The molecule has 1 fully saturated rings. The molecule has 2 aromatic rings. The van der Waals surface area contributed by atoms with Gasteiger partial charge in [-0.05, 0) is 25.0 Å². The molecule has 9 heteroatoms. The van der Waals surface area contributed by atoms with E-state index in [2.05, 4.69) is 0 Å². The minimum atomic E-state index is -3.82. The highest BCUT2D eigenvalue weighted by Crippen LogP contribution is 2.26. The highest BCUT2D eigenvalue weighted by atomic mass is 32.2. The lowest BCUT2D eigenvalue weighted by atomic mass is 10.0. The minimum absolute atomic E-state index is 0.00890. The molecule has 0 unspecified atom stereocenters. The number of sulfonamides is 1. The monoisotopic (exact) mass is 340 g/mol. The van der Waals surface area contributed by atoms with E-state index in [1.807, 2.05) is 0 Å². The molecule has 0 amide bonds. The maximum Gasteiger partial charge on any atom is 0.419 e. The Morgan fingerprint density at radius 2 is 2.13 bits per heavy atom. The lowest BCUT2D eigenvalue weighted by molar-refractivity contribution is -0.142. The summed E-state index contributed by atoms with van der Waals surface area (Å²) in [6.45, 7) is 0.233. The van der Waals surface area contributed by atoms with E-state index in [0.717, 1.165) is 0 Å². The Balaban J connectivity index is 1.99. The van der Waals surface area contributed by atoms with Gasteiger partial charge in [0.25, 0.3) is 0 Å². The summed E-state index contributed by atoms with van der Waals surface area (Å²) in [7, 11) is -2.29. The molecular formula is C14H16N2O6S. The summed E-state index contributed by atoms with van der Waals surface area (Å²) in [4.78, 5) is 22.6. The Bertz CT molecular complexity index is 926. The van der Waals surface area contributed by atoms with Crippen molar-refractivity contribution in [3.05, 3.63) is 28.7 Å². The number of hydrogen-bond acceptors (Lipinski definition) is 5. The predicted octanol–water partition coefficient (Wildman–Crippen LogP) is 0.617. The summed E-state index contributed by atoms with van der Waals surface area (Å²) < 4.78 is 32.9. The van der Waals surface area contributed by atoms with E-state index in [4.69, 9.17) is 9.52 Å². The van der Waals surface area contributed by atoms with Crippen molar-refractivity contribution in [2.24, 2.45) is 13.0 Å². The Labute approximate surface area is 132 Å². The number of carbonyl (C=O) groups is 1. The highest BCUT2D eigenvalue weighted by Gasteiger charge is 2.33. The number of fused-ring (bicyclic) bond motifs is 1. The molecule has 23 heavy (non-hydrogen) atoms. The molecule has 1 aliphatic heterocycles. The number of rotatable bonds is 3. The maximum absolute atomic E-state index is 12.7. The van der Waals surface area contributed by atoms with Gasteiger partial charge in [-0.2, -0.15) is 4.31 Å². The fraction of sp³-hybridized carbons (Fsp3) is 0.429. The molecule has 8 nitrogen and oxygen atoms in total. The summed E-state index contributed by atoms with van der Waals surface area (Å²) in [5.74, 6) is -2.26. The zero-order chi connectivity index (χ0) is 16.8. The van der Waals surface area contributed by atoms with Crippen molar-refractivity contribution >= 4 is 27.1 Å². The minimum Gasteiger partial charge on any atom is -0.481 e. The second-order valence-electron chi connectivity index (χ2n) is 5.60. The van der Waals surface area contributed by atoms with Crippen LogP contribution >= 0.6 is 0 Å². The first-order valence-corrected chi connectivity index (χ1v) is 8.57. The van der Waals surface area contributed by atoms with Crippen molar-refractivity contribution in [1.82, 2.24) is 8.87 Å². The molecule has 1 aromatic heterocycles.